The SMILES string of the molecule is CC/C(=C(\c1ccc(OCOC(=O)C(C)(C)C)cc1)c1ccc(OCC(CN2CCCC2)OC(C)=O)cc1)c1ccc2c(c1)OCO2. The van der Waals surface area contributed by atoms with Gasteiger partial charge in [0, 0.05) is 13.5 Å². The average molecular weight is 644 g/mol. The van der Waals surface area contributed by atoms with E-state index in [0.29, 0.717) is 18.0 Å². The lowest BCUT2D eigenvalue weighted by Crippen LogP contribution is -2.36. The van der Waals surface area contributed by atoms with Gasteiger partial charge in [-0.3, -0.25) is 14.5 Å². The number of hydrogen-bond donors (Lipinski definition) is 0. The fraction of sp³-hybridized carbons (Fsp3) is 0.421. The molecule has 0 radical (unpaired) electrons. The van der Waals surface area contributed by atoms with Crippen LogP contribution in [0.3, 0.4) is 0 Å². The number of benzene rings is 3. The van der Waals surface area contributed by atoms with Gasteiger partial charge in [0.15, 0.2) is 11.5 Å². The molecule has 2 aliphatic rings. The van der Waals surface area contributed by atoms with Gasteiger partial charge in [-0.05, 0) is 117 Å². The van der Waals surface area contributed by atoms with Gasteiger partial charge in [-0.15, -0.1) is 0 Å². The van der Waals surface area contributed by atoms with Gasteiger partial charge in [-0.2, -0.15) is 0 Å². The molecule has 0 bridgehead atoms. The van der Waals surface area contributed by atoms with Crippen molar-refractivity contribution in [2.75, 3.05) is 39.8 Å². The number of hydrogen-bond acceptors (Lipinski definition) is 9. The molecule has 0 spiro atoms. The van der Waals surface area contributed by atoms with Crippen molar-refractivity contribution in [2.24, 2.45) is 5.41 Å². The average Bonchev–Trinajstić information content (AvgIpc) is 3.74. The van der Waals surface area contributed by atoms with Crippen LogP contribution in [-0.2, 0) is 19.1 Å². The summed E-state index contributed by atoms with van der Waals surface area (Å²) < 4.78 is 34.0. The summed E-state index contributed by atoms with van der Waals surface area (Å²) in [7, 11) is 0. The summed E-state index contributed by atoms with van der Waals surface area (Å²) in [6.45, 7) is 12.0. The molecular formula is C38H45NO8. The van der Waals surface area contributed by atoms with Gasteiger partial charge in [0.25, 0.3) is 0 Å². The Bertz CT molecular complexity index is 1550. The van der Waals surface area contributed by atoms with Crippen LogP contribution < -0.4 is 18.9 Å². The fourth-order valence-corrected chi connectivity index (χ4v) is 5.73. The van der Waals surface area contributed by atoms with E-state index in [-0.39, 0.29) is 38.2 Å². The van der Waals surface area contributed by atoms with E-state index in [4.69, 9.17) is 28.4 Å². The van der Waals surface area contributed by atoms with Gasteiger partial charge < -0.3 is 28.4 Å². The molecular weight excluding hydrogens is 598 g/mol. The molecule has 3 aromatic rings. The molecule has 0 aromatic heterocycles. The molecule has 47 heavy (non-hydrogen) atoms. The Hall–Kier alpha value is -4.50. The summed E-state index contributed by atoms with van der Waals surface area (Å²) in [5, 5.41) is 0. The van der Waals surface area contributed by atoms with E-state index in [0.717, 1.165) is 58.8 Å². The van der Waals surface area contributed by atoms with Crippen molar-refractivity contribution in [3.05, 3.63) is 83.4 Å². The number of rotatable bonds is 13. The lowest BCUT2D eigenvalue weighted by molar-refractivity contribution is -0.159. The predicted octanol–water partition coefficient (Wildman–Crippen LogP) is 7.12. The highest BCUT2D eigenvalue weighted by atomic mass is 16.7. The van der Waals surface area contributed by atoms with Crippen molar-refractivity contribution in [1.82, 2.24) is 4.90 Å². The van der Waals surface area contributed by atoms with Crippen molar-refractivity contribution in [2.45, 2.75) is 60.0 Å². The molecule has 1 atom stereocenters. The van der Waals surface area contributed by atoms with Crippen LogP contribution in [0.4, 0.5) is 0 Å². The first kappa shape index (κ1) is 33.9. The highest BCUT2D eigenvalue weighted by Gasteiger charge is 2.24. The summed E-state index contributed by atoms with van der Waals surface area (Å²) >= 11 is 0. The maximum atomic E-state index is 12.1. The van der Waals surface area contributed by atoms with Crippen molar-refractivity contribution in [1.29, 1.82) is 0 Å². The molecule has 1 fully saturated rings. The minimum absolute atomic E-state index is 0.159. The third-order valence-electron chi connectivity index (χ3n) is 8.12. The smallest absolute Gasteiger partial charge is 0.314 e. The van der Waals surface area contributed by atoms with Crippen molar-refractivity contribution >= 4 is 23.1 Å². The summed E-state index contributed by atoms with van der Waals surface area (Å²) in [6.07, 6.45) is 2.75. The van der Waals surface area contributed by atoms with Gasteiger partial charge in [-0.1, -0.05) is 37.3 Å². The second-order valence-corrected chi connectivity index (χ2v) is 12.8. The van der Waals surface area contributed by atoms with Crippen molar-refractivity contribution in [3.63, 3.8) is 0 Å². The van der Waals surface area contributed by atoms with Crippen LogP contribution in [-0.4, -0.2) is 62.8 Å². The zero-order chi connectivity index (χ0) is 33.4. The Kier molecular flexibility index (Phi) is 11.1. The van der Waals surface area contributed by atoms with Crippen LogP contribution in [0.2, 0.25) is 0 Å². The molecule has 5 rings (SSSR count). The van der Waals surface area contributed by atoms with E-state index in [2.05, 4.69) is 17.9 Å². The van der Waals surface area contributed by atoms with E-state index in [1.54, 1.807) is 20.8 Å². The Balaban J connectivity index is 1.39. The number of carbonyl (C=O) groups excluding carboxylic acids is 2. The standard InChI is InChI=1S/C38H45NO8/c1-6-33(29-13-18-34-35(21-29)45-25-44-34)36(28-11-16-31(17-12-28)43-24-46-37(41)38(3,4)5)27-9-14-30(15-10-27)42-23-32(47-26(2)40)22-39-19-7-8-20-39/h9-18,21,32H,6-8,19-20,22-25H2,1-5H3/b36-33+. The molecule has 1 saturated heterocycles. The predicted molar refractivity (Wildman–Crippen MR) is 179 cm³/mol. The van der Waals surface area contributed by atoms with E-state index < -0.39 is 5.41 Å². The molecule has 2 heterocycles. The van der Waals surface area contributed by atoms with Gasteiger partial charge in [0.1, 0.15) is 24.2 Å². The normalized spacial score (nSPS) is 15.5. The molecule has 2 aliphatic heterocycles. The van der Waals surface area contributed by atoms with Crippen LogP contribution in [0.5, 0.6) is 23.0 Å². The number of fused-ring (bicyclic) bond motifs is 1. The van der Waals surface area contributed by atoms with E-state index in [1.165, 1.54) is 19.8 Å². The number of allylic oxidation sites excluding steroid dienone is 1. The van der Waals surface area contributed by atoms with Gasteiger partial charge in [0.2, 0.25) is 13.6 Å². The van der Waals surface area contributed by atoms with Crippen LogP contribution in [0.25, 0.3) is 11.1 Å². The topological polar surface area (TPSA) is 92.8 Å². The van der Waals surface area contributed by atoms with Crippen LogP contribution in [0.15, 0.2) is 66.7 Å². The number of esters is 2. The zero-order valence-corrected chi connectivity index (χ0v) is 28.0. The van der Waals surface area contributed by atoms with Crippen molar-refractivity contribution in [3.8, 4) is 23.0 Å². The quantitative estimate of drug-likeness (QED) is 0.110. The number of ether oxygens (including phenoxy) is 6. The van der Waals surface area contributed by atoms with E-state index in [9.17, 15) is 9.59 Å². The Morgan fingerprint density at radius 1 is 0.830 bits per heavy atom. The van der Waals surface area contributed by atoms with E-state index >= 15 is 0 Å². The molecule has 9 nitrogen and oxygen atoms in total. The highest BCUT2D eigenvalue weighted by molar-refractivity contribution is 5.99. The van der Waals surface area contributed by atoms with E-state index in [1.807, 2.05) is 60.7 Å². The number of carbonyl (C=O) groups is 2. The molecule has 0 saturated carbocycles. The first-order valence-corrected chi connectivity index (χ1v) is 16.3. The fourth-order valence-electron chi connectivity index (χ4n) is 5.73. The van der Waals surface area contributed by atoms with Crippen LogP contribution >= 0.6 is 0 Å². The number of nitrogens with zero attached hydrogens (tertiary/aromatic N) is 1. The van der Waals surface area contributed by atoms with Gasteiger partial charge in [0.05, 0.1) is 5.41 Å². The summed E-state index contributed by atoms with van der Waals surface area (Å²) in [4.78, 5) is 26.2. The molecule has 0 amide bonds. The van der Waals surface area contributed by atoms with Crippen LogP contribution in [0, 0.1) is 5.41 Å². The molecule has 3 aromatic carbocycles. The van der Waals surface area contributed by atoms with Crippen molar-refractivity contribution < 1.29 is 38.0 Å². The number of likely N-dealkylation sites (tertiary alicyclic amines) is 1. The van der Waals surface area contributed by atoms with Crippen LogP contribution in [0.1, 0.15) is 70.6 Å². The first-order valence-electron chi connectivity index (χ1n) is 16.3. The second-order valence-electron chi connectivity index (χ2n) is 12.8. The zero-order valence-electron chi connectivity index (χ0n) is 28.0. The Morgan fingerprint density at radius 2 is 1.43 bits per heavy atom. The summed E-state index contributed by atoms with van der Waals surface area (Å²) in [5.74, 6) is 2.12. The highest BCUT2D eigenvalue weighted by Crippen LogP contribution is 2.40. The second kappa shape index (κ2) is 15.4. The Labute approximate surface area is 277 Å². The minimum atomic E-state index is -0.601. The monoisotopic (exact) mass is 643 g/mol. The molecule has 250 valence electrons. The summed E-state index contributed by atoms with van der Waals surface area (Å²) in [6, 6.07) is 21.8. The van der Waals surface area contributed by atoms with Gasteiger partial charge >= 0.3 is 11.9 Å². The molecule has 1 unspecified atom stereocenters. The largest absolute Gasteiger partial charge is 0.490 e. The Morgan fingerprint density at radius 3 is 2.02 bits per heavy atom. The third-order valence-corrected chi connectivity index (χ3v) is 8.12. The molecule has 9 heteroatoms. The summed E-state index contributed by atoms with van der Waals surface area (Å²) in [5.41, 5.74) is 4.62. The lowest BCUT2D eigenvalue weighted by Gasteiger charge is -2.23. The third kappa shape index (κ3) is 9.07. The lowest BCUT2D eigenvalue weighted by atomic mass is 9.88. The molecule has 0 aliphatic carbocycles. The maximum Gasteiger partial charge on any atom is 0.314 e. The minimum Gasteiger partial charge on any atom is -0.490 e. The maximum absolute atomic E-state index is 12.1. The van der Waals surface area contributed by atoms with Gasteiger partial charge in [-0.25, -0.2) is 0 Å². The molecule has 0 N–H and O–H groups in total. The first-order chi connectivity index (χ1) is 22.6.